The lowest BCUT2D eigenvalue weighted by Crippen LogP contribution is -2.49. The van der Waals surface area contributed by atoms with Gasteiger partial charge >= 0.3 is 5.51 Å². The standard InChI is InChI=1S/C77H92ClF3N10O11S4/c1-50(2)71(75(96)91-47-61(92)42-66(91)74(95)83-51(3)53-15-17-55(18-16-53)72-52(4)82-49-104-72)67-44-69(85-102-67)101-41-11-10-14-70(93)90-39-33-87(34-40-90)32-30-59(48-103-62-12-8-7-9-13-62)84-65-28-27-63(43-68(65)105(97,98)77(79,80)81)106(99,100)86-73(94)56-21-25-60(26-22-56)89-37-35-88(36-38-89)46-57-45-76(5,6)31-29-64(57)54-19-23-58(78)24-20-54/h7-9,12-13,15-28,43-44,49-51,59,61,66,71,84,92H,10-11,14,29-42,45-48H2,1-6H3,(H,83,95)(H,86,94)/t51-,59+,61+,66-,71+/m0/s1. The van der Waals surface area contributed by atoms with Gasteiger partial charge in [-0.3, -0.25) is 29.0 Å². The van der Waals surface area contributed by atoms with Gasteiger partial charge in [-0.15, -0.1) is 23.1 Å². The first-order chi connectivity index (χ1) is 50.5. The van der Waals surface area contributed by atoms with Crippen molar-refractivity contribution in [2.24, 2.45) is 11.3 Å². The largest absolute Gasteiger partial charge is 0.501 e. The first kappa shape index (κ1) is 79.2. The van der Waals surface area contributed by atoms with E-state index in [1.54, 1.807) is 39.9 Å². The number of aromatic nitrogens is 2. The normalized spacial score (nSPS) is 18.5. The zero-order valence-electron chi connectivity index (χ0n) is 60.3. The Hall–Kier alpha value is -7.83. The number of sulfone groups is 1. The summed E-state index contributed by atoms with van der Waals surface area (Å²) < 4.78 is 112. The number of aliphatic hydroxyl groups excluding tert-OH is 1. The Balaban J connectivity index is 0.646. The van der Waals surface area contributed by atoms with Crippen LogP contribution in [0.4, 0.5) is 24.5 Å². The summed E-state index contributed by atoms with van der Waals surface area (Å²) in [6, 6.07) is 33.5. The SMILES string of the molecule is Cc1ncsc1-c1ccc([C@H](C)NC(=O)[C@@H]2C[C@@H](O)CN2C(=O)[C@@H](c2cc(OCCCCC(=O)N3CCN(CC[C@H](CSc4ccccc4)Nc4ccc(S(=O)(=O)NC(=O)c5ccc(N6CCN(CC7=C(c8ccc(Cl)cc8)CCC(C)(C)C7)CC6)cc5)cc4S(=O)(=O)C(F)(F)F)CC3)no2)C(C)C)cc1. The number of hydrogen-bond donors (Lipinski definition) is 4. The summed E-state index contributed by atoms with van der Waals surface area (Å²) in [4.78, 5) is 69.2. The van der Waals surface area contributed by atoms with E-state index in [0.717, 1.165) is 83.3 Å². The molecule has 0 radical (unpaired) electrons. The molecule has 5 atom stereocenters. The second kappa shape index (κ2) is 34.6. The number of hydrogen-bond acceptors (Lipinski definition) is 19. The van der Waals surface area contributed by atoms with Crippen molar-refractivity contribution in [2.45, 2.75) is 143 Å². The number of carbonyl (C=O) groups excluding carboxylic acids is 4. The average Bonchev–Trinajstić information content (AvgIpc) is 1.41. The van der Waals surface area contributed by atoms with Crippen LogP contribution in [0.5, 0.6) is 5.88 Å². The second-order valence-corrected chi connectivity index (χ2v) is 34.8. The number of benzene rings is 5. The number of piperazine rings is 2. The van der Waals surface area contributed by atoms with Gasteiger partial charge in [0.1, 0.15) is 16.9 Å². The fourth-order valence-corrected chi connectivity index (χ4v) is 18.2. The number of anilines is 2. The van der Waals surface area contributed by atoms with Gasteiger partial charge in [0.25, 0.3) is 31.6 Å². The molecule has 7 aromatic rings. The van der Waals surface area contributed by atoms with Crippen LogP contribution in [0, 0.1) is 18.3 Å². The number of nitrogens with zero attached hydrogens (tertiary/aromatic N) is 7. The van der Waals surface area contributed by atoms with Crippen LogP contribution in [0.25, 0.3) is 16.0 Å². The third kappa shape index (κ3) is 19.9. The topological polar surface area (TPSA) is 257 Å². The maximum absolute atomic E-state index is 14.6. The first-order valence-electron chi connectivity index (χ1n) is 35.9. The van der Waals surface area contributed by atoms with E-state index >= 15 is 0 Å². The molecule has 3 saturated heterocycles. The van der Waals surface area contributed by atoms with E-state index in [1.807, 2.05) is 99.1 Å². The van der Waals surface area contributed by atoms with E-state index in [4.69, 9.17) is 20.9 Å². The molecule has 21 nitrogen and oxygen atoms in total. The number of likely N-dealkylation sites (tertiary alicyclic amines) is 1. The van der Waals surface area contributed by atoms with Gasteiger partial charge in [0.05, 0.1) is 45.4 Å². The van der Waals surface area contributed by atoms with E-state index in [0.29, 0.717) is 76.2 Å². The van der Waals surface area contributed by atoms with E-state index < -0.39 is 70.9 Å². The molecule has 3 aliphatic heterocycles. The van der Waals surface area contributed by atoms with Crippen molar-refractivity contribution in [3.63, 3.8) is 0 Å². The molecule has 4 aliphatic rings. The van der Waals surface area contributed by atoms with E-state index in [9.17, 15) is 54.3 Å². The zero-order chi connectivity index (χ0) is 75.7. The lowest BCUT2D eigenvalue weighted by Gasteiger charge is -2.39. The highest BCUT2D eigenvalue weighted by atomic mass is 35.5. The number of amides is 4. The number of thioether (sulfide) groups is 1. The van der Waals surface area contributed by atoms with Crippen LogP contribution < -0.4 is 25.0 Å². The second-order valence-electron chi connectivity index (χ2n) is 28.9. The summed E-state index contributed by atoms with van der Waals surface area (Å²) in [7, 11) is -11.1. The number of nitrogens with one attached hydrogen (secondary N) is 3. The summed E-state index contributed by atoms with van der Waals surface area (Å²) in [6.45, 7) is 18.3. The molecule has 5 heterocycles. The number of ether oxygens (including phenoxy) is 1. The molecule has 0 spiro atoms. The molecule has 4 N–H and O–H groups in total. The predicted octanol–water partition coefficient (Wildman–Crippen LogP) is 12.9. The average molecular weight is 1550 g/mol. The van der Waals surface area contributed by atoms with E-state index in [-0.39, 0.29) is 84.0 Å². The number of thiazole rings is 1. The molecule has 3 fully saturated rings. The van der Waals surface area contributed by atoms with Gasteiger partial charge in [-0.25, -0.2) is 26.5 Å². The Kier molecular flexibility index (Phi) is 25.9. The van der Waals surface area contributed by atoms with Crippen LogP contribution in [-0.4, -0.2) is 183 Å². The molecular weight excluding hydrogens is 1460 g/mol. The number of rotatable bonds is 29. The molecule has 0 unspecified atom stereocenters. The van der Waals surface area contributed by atoms with Gasteiger partial charge in [-0.05, 0) is 158 Å². The number of aryl methyl sites for hydroxylation is 1. The minimum absolute atomic E-state index is 0.0258. The summed E-state index contributed by atoms with van der Waals surface area (Å²) in [6.07, 6.45) is 3.80. The minimum atomic E-state index is -6.18. The number of sulfonamides is 1. The van der Waals surface area contributed by atoms with Crippen molar-refractivity contribution >= 4 is 95.1 Å². The summed E-state index contributed by atoms with van der Waals surface area (Å²) in [5, 5.41) is 21.6. The Morgan fingerprint density at radius 1 is 0.840 bits per heavy atom. The number of aliphatic hydroxyl groups is 1. The number of unbranched alkanes of at least 4 members (excludes halogenated alkanes) is 1. The van der Waals surface area contributed by atoms with Crippen LogP contribution in [0.2, 0.25) is 5.02 Å². The highest BCUT2D eigenvalue weighted by molar-refractivity contribution is 7.99. The fraction of sp³-hybridized carbons (Fsp3) is 0.455. The van der Waals surface area contributed by atoms with E-state index in [2.05, 4.69) is 61.5 Å². The van der Waals surface area contributed by atoms with Crippen molar-refractivity contribution in [2.75, 3.05) is 94.6 Å². The van der Waals surface area contributed by atoms with Gasteiger partial charge in [-0.1, -0.05) is 99.5 Å². The van der Waals surface area contributed by atoms with Crippen molar-refractivity contribution in [1.82, 2.24) is 39.8 Å². The molecule has 5 aromatic carbocycles. The Labute approximate surface area is 631 Å². The zero-order valence-corrected chi connectivity index (χ0v) is 64.3. The van der Waals surface area contributed by atoms with Crippen molar-refractivity contribution < 1.29 is 63.6 Å². The molecule has 0 saturated carbocycles. The Morgan fingerprint density at radius 3 is 2.20 bits per heavy atom. The van der Waals surface area contributed by atoms with Crippen molar-refractivity contribution in [3.05, 3.63) is 172 Å². The first-order valence-corrected chi connectivity index (χ1v) is 41.1. The van der Waals surface area contributed by atoms with Crippen LogP contribution in [0.1, 0.15) is 131 Å². The molecule has 29 heteroatoms. The minimum Gasteiger partial charge on any atom is -0.476 e. The van der Waals surface area contributed by atoms with Gasteiger partial charge in [0.15, 0.2) is 5.76 Å². The van der Waals surface area contributed by atoms with Crippen LogP contribution >= 0.6 is 34.7 Å². The molecular formula is C77H92ClF3N10O11S4. The molecule has 4 amide bonds. The number of halogens is 4. The molecule has 2 aromatic heterocycles. The Morgan fingerprint density at radius 2 is 1.53 bits per heavy atom. The highest BCUT2D eigenvalue weighted by Gasteiger charge is 2.49. The number of alkyl halides is 3. The number of carbonyl (C=O) groups is 4. The molecule has 1 aliphatic carbocycles. The van der Waals surface area contributed by atoms with Crippen molar-refractivity contribution in [1.29, 1.82) is 0 Å². The Bertz CT molecular complexity index is 4470. The van der Waals surface area contributed by atoms with Gasteiger partial charge < -0.3 is 39.7 Å². The predicted molar refractivity (Wildman–Crippen MR) is 406 cm³/mol. The van der Waals surface area contributed by atoms with Crippen LogP contribution in [0.15, 0.2) is 158 Å². The number of allylic oxidation sites excluding steroid dienone is 1. The van der Waals surface area contributed by atoms with Gasteiger partial charge in [-0.2, -0.15) is 13.2 Å². The van der Waals surface area contributed by atoms with Gasteiger partial charge in [0.2, 0.25) is 17.7 Å². The van der Waals surface area contributed by atoms with Gasteiger partial charge in [0, 0.05) is 124 Å². The lowest BCUT2D eigenvalue weighted by molar-refractivity contribution is -0.141. The maximum atomic E-state index is 14.6. The third-order valence-electron chi connectivity index (χ3n) is 20.2. The number of β-amino-alcohol motifs (C(OH)–C–C–N with tert-alkyl or cyclic N) is 1. The fourth-order valence-electron chi connectivity index (χ4n) is 14.2. The molecule has 106 heavy (non-hydrogen) atoms. The summed E-state index contributed by atoms with van der Waals surface area (Å²) in [5.74, 6) is -2.32. The molecule has 0 bridgehead atoms. The quantitative estimate of drug-likeness (QED) is 0.0251. The van der Waals surface area contributed by atoms with Crippen LogP contribution in [0.3, 0.4) is 0 Å². The smallest absolute Gasteiger partial charge is 0.476 e. The monoisotopic (exact) mass is 1550 g/mol. The lowest BCUT2D eigenvalue weighted by atomic mass is 9.73. The van der Waals surface area contributed by atoms with E-state index in [1.165, 1.54) is 45.5 Å². The highest BCUT2D eigenvalue weighted by Crippen LogP contribution is 2.44. The summed E-state index contributed by atoms with van der Waals surface area (Å²) in [5.41, 5.74) is 3.31. The third-order valence-corrected chi connectivity index (χ3v) is 25.5. The maximum Gasteiger partial charge on any atom is 0.501 e. The van der Waals surface area contributed by atoms with Crippen LogP contribution in [-0.2, 0) is 34.2 Å². The molecule has 568 valence electrons. The van der Waals surface area contributed by atoms with Crippen molar-refractivity contribution in [3.8, 4) is 16.3 Å². The summed E-state index contributed by atoms with van der Waals surface area (Å²) >= 11 is 9.18. The molecule has 11 rings (SSSR count).